The van der Waals surface area contributed by atoms with E-state index in [9.17, 15) is 14.7 Å². The Balaban J connectivity index is 1.97. The van der Waals surface area contributed by atoms with Crippen molar-refractivity contribution in [1.82, 2.24) is 10.2 Å². The molecule has 6 nitrogen and oxygen atoms in total. The van der Waals surface area contributed by atoms with E-state index < -0.39 is 11.5 Å². The highest BCUT2D eigenvalue weighted by Gasteiger charge is 2.46. The van der Waals surface area contributed by atoms with Gasteiger partial charge in [-0.3, -0.25) is 0 Å². The van der Waals surface area contributed by atoms with Crippen LogP contribution in [0.5, 0.6) is 0 Å². The summed E-state index contributed by atoms with van der Waals surface area (Å²) in [5.41, 5.74) is -1.05. The second-order valence-corrected chi connectivity index (χ2v) is 5.21. The lowest BCUT2D eigenvalue weighted by Gasteiger charge is -2.40. The lowest BCUT2D eigenvalue weighted by atomic mass is 9.77. The van der Waals surface area contributed by atoms with Gasteiger partial charge in [0.15, 0.2) is 0 Å². The molecule has 2 amide bonds. The molecule has 1 aliphatic carbocycles. The molecule has 0 aromatic carbocycles. The second kappa shape index (κ2) is 4.76. The Labute approximate surface area is 106 Å². The number of likely N-dealkylation sites (N-methyl/N-ethyl adjacent to an activating group) is 1. The maximum Gasteiger partial charge on any atom is 0.329 e. The molecule has 1 saturated heterocycles. The van der Waals surface area contributed by atoms with Crippen LogP contribution in [0.1, 0.15) is 32.6 Å². The molecular weight excluding hydrogens is 236 g/mol. The van der Waals surface area contributed by atoms with E-state index >= 15 is 0 Å². The minimum absolute atomic E-state index is 0.00270. The molecule has 2 rings (SSSR count). The normalized spacial score (nSPS) is 29.4. The molecule has 1 saturated carbocycles. The monoisotopic (exact) mass is 256 g/mol. The van der Waals surface area contributed by atoms with Gasteiger partial charge in [0.1, 0.15) is 5.54 Å². The lowest BCUT2D eigenvalue weighted by Crippen LogP contribution is -2.62. The molecule has 6 heteroatoms. The number of hydrogen-bond donors (Lipinski definition) is 2. The van der Waals surface area contributed by atoms with E-state index in [1.165, 1.54) is 0 Å². The molecule has 0 aromatic rings. The Morgan fingerprint density at radius 3 is 2.50 bits per heavy atom. The molecular formula is C12H20N2O4. The highest BCUT2D eigenvalue weighted by Crippen LogP contribution is 2.32. The number of urea groups is 1. The average Bonchev–Trinajstić information content (AvgIpc) is 2.67. The topological polar surface area (TPSA) is 78.9 Å². The van der Waals surface area contributed by atoms with Crippen LogP contribution in [0, 0.1) is 0 Å². The summed E-state index contributed by atoms with van der Waals surface area (Å²) in [4.78, 5) is 24.8. The Morgan fingerprint density at radius 2 is 2.11 bits per heavy atom. The smallest absolute Gasteiger partial charge is 0.329 e. The van der Waals surface area contributed by atoms with E-state index in [1.54, 1.807) is 11.9 Å². The fourth-order valence-corrected chi connectivity index (χ4v) is 2.60. The van der Waals surface area contributed by atoms with E-state index in [1.807, 2.05) is 6.92 Å². The van der Waals surface area contributed by atoms with Crippen molar-refractivity contribution in [3.05, 3.63) is 0 Å². The number of carboxylic acid groups (broad SMARTS) is 1. The van der Waals surface area contributed by atoms with E-state index in [-0.39, 0.29) is 18.2 Å². The van der Waals surface area contributed by atoms with Gasteiger partial charge < -0.3 is 20.1 Å². The molecule has 2 fully saturated rings. The van der Waals surface area contributed by atoms with Crippen molar-refractivity contribution in [3.8, 4) is 0 Å². The van der Waals surface area contributed by atoms with Crippen LogP contribution in [0.2, 0.25) is 0 Å². The first-order valence-electron chi connectivity index (χ1n) is 6.36. The Hall–Kier alpha value is -1.30. The number of aliphatic carboxylic acids is 1. The van der Waals surface area contributed by atoms with Crippen LogP contribution < -0.4 is 5.32 Å². The van der Waals surface area contributed by atoms with Crippen LogP contribution in [0.25, 0.3) is 0 Å². The molecule has 0 radical (unpaired) electrons. The quantitative estimate of drug-likeness (QED) is 0.783. The zero-order valence-corrected chi connectivity index (χ0v) is 10.8. The molecule has 2 aliphatic rings. The highest BCUT2D eigenvalue weighted by molar-refractivity contribution is 5.87. The summed E-state index contributed by atoms with van der Waals surface area (Å²) in [6, 6.07) is -0.296. The SMILES string of the molecule is CC1OCCC1N(C)C(=O)NC1(C(=O)O)CCC1. The van der Waals surface area contributed by atoms with Gasteiger partial charge in [-0.15, -0.1) is 0 Å². The fraction of sp³-hybridized carbons (Fsp3) is 0.833. The van der Waals surface area contributed by atoms with Gasteiger partial charge in [0, 0.05) is 13.7 Å². The molecule has 0 aromatic heterocycles. The Bertz CT molecular complexity index is 354. The molecule has 0 spiro atoms. The number of carboxylic acids is 1. The van der Waals surface area contributed by atoms with Crippen molar-refractivity contribution in [2.75, 3.05) is 13.7 Å². The standard InChI is InChI=1S/C12H20N2O4/c1-8-9(4-7-18-8)14(2)11(17)13-12(10(15)16)5-3-6-12/h8-9H,3-7H2,1-2H3,(H,13,17)(H,15,16). The summed E-state index contributed by atoms with van der Waals surface area (Å²) in [5, 5.41) is 11.8. The third-order valence-corrected chi connectivity index (χ3v) is 4.12. The van der Waals surface area contributed by atoms with E-state index in [2.05, 4.69) is 5.32 Å². The summed E-state index contributed by atoms with van der Waals surface area (Å²) in [6.07, 6.45) is 2.67. The lowest BCUT2D eigenvalue weighted by molar-refractivity contribution is -0.148. The van der Waals surface area contributed by atoms with Crippen molar-refractivity contribution in [3.63, 3.8) is 0 Å². The summed E-state index contributed by atoms with van der Waals surface area (Å²) in [6.45, 7) is 2.57. The van der Waals surface area contributed by atoms with Crippen molar-refractivity contribution >= 4 is 12.0 Å². The summed E-state index contributed by atoms with van der Waals surface area (Å²) in [7, 11) is 1.69. The zero-order valence-electron chi connectivity index (χ0n) is 10.8. The highest BCUT2D eigenvalue weighted by atomic mass is 16.5. The second-order valence-electron chi connectivity index (χ2n) is 5.21. The maximum atomic E-state index is 12.1. The number of hydrogen-bond acceptors (Lipinski definition) is 3. The molecule has 1 heterocycles. The van der Waals surface area contributed by atoms with Crippen LogP contribution in [-0.4, -0.2) is 53.3 Å². The third kappa shape index (κ3) is 2.16. The summed E-state index contributed by atoms with van der Waals surface area (Å²) < 4.78 is 5.42. The van der Waals surface area contributed by atoms with Gasteiger partial charge >= 0.3 is 12.0 Å². The maximum absolute atomic E-state index is 12.1. The van der Waals surface area contributed by atoms with Crippen LogP contribution in [0.3, 0.4) is 0 Å². The van der Waals surface area contributed by atoms with E-state index in [0.29, 0.717) is 19.4 Å². The number of carbonyl (C=O) groups excluding carboxylic acids is 1. The largest absolute Gasteiger partial charge is 0.480 e. The minimum Gasteiger partial charge on any atom is -0.480 e. The molecule has 1 aliphatic heterocycles. The molecule has 102 valence electrons. The van der Waals surface area contributed by atoms with Gasteiger partial charge in [-0.25, -0.2) is 9.59 Å². The van der Waals surface area contributed by atoms with Crippen molar-refractivity contribution < 1.29 is 19.4 Å². The van der Waals surface area contributed by atoms with Gasteiger partial charge in [-0.1, -0.05) is 0 Å². The van der Waals surface area contributed by atoms with E-state index in [4.69, 9.17) is 4.74 Å². The number of ether oxygens (including phenoxy) is 1. The van der Waals surface area contributed by atoms with Crippen LogP contribution >= 0.6 is 0 Å². The first-order chi connectivity index (χ1) is 8.46. The van der Waals surface area contributed by atoms with Gasteiger partial charge in [-0.2, -0.15) is 0 Å². The average molecular weight is 256 g/mol. The number of carbonyl (C=O) groups is 2. The van der Waals surface area contributed by atoms with Gasteiger partial charge in [0.05, 0.1) is 12.1 Å². The van der Waals surface area contributed by atoms with Crippen LogP contribution in [0.4, 0.5) is 4.79 Å². The third-order valence-electron chi connectivity index (χ3n) is 4.12. The summed E-state index contributed by atoms with van der Waals surface area (Å²) >= 11 is 0. The number of nitrogens with one attached hydrogen (secondary N) is 1. The van der Waals surface area contributed by atoms with E-state index in [0.717, 1.165) is 12.8 Å². The zero-order chi connectivity index (χ0) is 13.3. The number of nitrogens with zero attached hydrogens (tertiary/aromatic N) is 1. The fourth-order valence-electron chi connectivity index (χ4n) is 2.60. The predicted molar refractivity (Wildman–Crippen MR) is 64.3 cm³/mol. The van der Waals surface area contributed by atoms with Gasteiger partial charge in [0.25, 0.3) is 0 Å². The molecule has 2 unspecified atom stereocenters. The first-order valence-corrected chi connectivity index (χ1v) is 6.36. The minimum atomic E-state index is -1.05. The van der Waals surface area contributed by atoms with Crippen LogP contribution in [0.15, 0.2) is 0 Å². The van der Waals surface area contributed by atoms with Gasteiger partial charge in [0.2, 0.25) is 0 Å². The molecule has 2 atom stereocenters. The molecule has 2 N–H and O–H groups in total. The summed E-state index contributed by atoms with van der Waals surface area (Å²) in [5.74, 6) is -0.939. The van der Waals surface area contributed by atoms with Gasteiger partial charge in [-0.05, 0) is 32.6 Å². The number of rotatable bonds is 3. The van der Waals surface area contributed by atoms with Crippen molar-refractivity contribution in [2.24, 2.45) is 0 Å². The predicted octanol–water partition coefficient (Wildman–Crippen LogP) is 0.812. The van der Waals surface area contributed by atoms with Crippen molar-refractivity contribution in [2.45, 2.75) is 50.3 Å². The number of amides is 2. The Kier molecular flexibility index (Phi) is 3.47. The van der Waals surface area contributed by atoms with Crippen LogP contribution in [-0.2, 0) is 9.53 Å². The molecule has 0 bridgehead atoms. The molecule has 18 heavy (non-hydrogen) atoms. The Morgan fingerprint density at radius 1 is 1.44 bits per heavy atom. The first kappa shape index (κ1) is 13.1. The van der Waals surface area contributed by atoms with Crippen molar-refractivity contribution in [1.29, 1.82) is 0 Å².